The van der Waals surface area contributed by atoms with Gasteiger partial charge >= 0.3 is 0 Å². The molecule has 0 N–H and O–H groups in total. The van der Waals surface area contributed by atoms with Gasteiger partial charge in [0.2, 0.25) is 0 Å². The van der Waals surface area contributed by atoms with Gasteiger partial charge in [0.1, 0.15) is 5.75 Å². The maximum absolute atomic E-state index is 5.36. The van der Waals surface area contributed by atoms with Gasteiger partial charge in [-0.2, -0.15) is 0 Å². The molecule has 2 aromatic rings. The molecule has 0 fully saturated rings. The number of aryl methyl sites for hydroxylation is 1. The molecule has 0 aliphatic heterocycles. The number of benzene rings is 2. The second-order valence-corrected chi connectivity index (χ2v) is 5.21. The fourth-order valence-electron chi connectivity index (χ4n) is 2.66. The zero-order valence-corrected chi connectivity index (χ0v) is 12.7. The summed E-state index contributed by atoms with van der Waals surface area (Å²) in [4.78, 5) is 0. The number of ether oxygens (including phenoxy) is 1. The summed E-state index contributed by atoms with van der Waals surface area (Å²) in [5, 5.41) is 0. The fourth-order valence-corrected chi connectivity index (χ4v) is 2.66. The van der Waals surface area contributed by atoms with Gasteiger partial charge in [-0.3, -0.25) is 0 Å². The smallest absolute Gasteiger partial charge is 0.119 e. The predicted molar refractivity (Wildman–Crippen MR) is 85.6 cm³/mol. The first-order chi connectivity index (χ1) is 9.78. The minimum absolute atomic E-state index is 0.459. The fraction of sp³-hybridized carbons (Fsp3) is 0.368. The Morgan fingerprint density at radius 3 is 2.30 bits per heavy atom. The van der Waals surface area contributed by atoms with Crippen molar-refractivity contribution in [3.05, 3.63) is 65.2 Å². The van der Waals surface area contributed by atoms with E-state index in [9.17, 15) is 0 Å². The molecule has 1 heteroatoms. The first-order valence-electron chi connectivity index (χ1n) is 7.51. The van der Waals surface area contributed by atoms with E-state index in [-0.39, 0.29) is 0 Å². The van der Waals surface area contributed by atoms with Crippen molar-refractivity contribution in [2.24, 2.45) is 0 Å². The normalized spacial score (nSPS) is 12.2. The number of hydrogen-bond donors (Lipinski definition) is 0. The van der Waals surface area contributed by atoms with E-state index in [1.54, 1.807) is 7.11 Å². The Kier molecular flexibility index (Phi) is 5.23. The summed E-state index contributed by atoms with van der Waals surface area (Å²) in [6, 6.07) is 17.5. The molecule has 0 saturated carbocycles. The molecule has 0 aliphatic rings. The van der Waals surface area contributed by atoms with Gasteiger partial charge in [0.05, 0.1) is 7.11 Å². The molecular formula is C19H24O. The van der Waals surface area contributed by atoms with E-state index in [0.717, 1.165) is 12.2 Å². The van der Waals surface area contributed by atoms with Crippen LogP contribution in [0.1, 0.15) is 49.3 Å². The average Bonchev–Trinajstić information content (AvgIpc) is 2.53. The Labute approximate surface area is 122 Å². The summed E-state index contributed by atoms with van der Waals surface area (Å²) >= 11 is 0. The third kappa shape index (κ3) is 3.41. The zero-order chi connectivity index (χ0) is 14.4. The van der Waals surface area contributed by atoms with Crippen LogP contribution in [-0.4, -0.2) is 7.11 Å². The summed E-state index contributed by atoms with van der Waals surface area (Å²) in [5.41, 5.74) is 4.14. The van der Waals surface area contributed by atoms with Crippen LogP contribution in [0.3, 0.4) is 0 Å². The highest BCUT2D eigenvalue weighted by atomic mass is 16.5. The van der Waals surface area contributed by atoms with Crippen LogP contribution >= 0.6 is 0 Å². The molecule has 106 valence electrons. The van der Waals surface area contributed by atoms with Crippen LogP contribution in [0.15, 0.2) is 48.5 Å². The molecule has 0 saturated heterocycles. The van der Waals surface area contributed by atoms with Gasteiger partial charge in [-0.1, -0.05) is 56.7 Å². The van der Waals surface area contributed by atoms with Crippen molar-refractivity contribution in [3.8, 4) is 5.75 Å². The first-order valence-corrected chi connectivity index (χ1v) is 7.51. The Balaban J connectivity index is 2.33. The molecule has 0 amide bonds. The second-order valence-electron chi connectivity index (χ2n) is 5.21. The SMILES string of the molecule is CCCC(c1ccc(CC)cc1)c1cccc(OC)c1. The minimum Gasteiger partial charge on any atom is -0.497 e. The van der Waals surface area contributed by atoms with Crippen LogP contribution in [0.4, 0.5) is 0 Å². The van der Waals surface area contributed by atoms with Crippen LogP contribution in [0, 0.1) is 0 Å². The van der Waals surface area contributed by atoms with Gasteiger partial charge < -0.3 is 4.74 Å². The van der Waals surface area contributed by atoms with Crippen LogP contribution in [0.25, 0.3) is 0 Å². The van der Waals surface area contributed by atoms with Crippen molar-refractivity contribution in [3.63, 3.8) is 0 Å². The molecule has 1 atom stereocenters. The highest BCUT2D eigenvalue weighted by Gasteiger charge is 2.13. The molecule has 1 unspecified atom stereocenters. The molecule has 0 aromatic heterocycles. The molecule has 0 heterocycles. The van der Waals surface area contributed by atoms with Gasteiger partial charge in [-0.25, -0.2) is 0 Å². The number of methoxy groups -OCH3 is 1. The zero-order valence-electron chi connectivity index (χ0n) is 12.7. The topological polar surface area (TPSA) is 9.23 Å². The lowest BCUT2D eigenvalue weighted by atomic mass is 9.87. The number of hydrogen-bond acceptors (Lipinski definition) is 1. The molecule has 0 bridgehead atoms. The Hall–Kier alpha value is -1.76. The maximum atomic E-state index is 5.36. The van der Waals surface area contributed by atoms with Gasteiger partial charge in [0, 0.05) is 5.92 Å². The van der Waals surface area contributed by atoms with Gasteiger partial charge in [-0.15, -0.1) is 0 Å². The standard InChI is InChI=1S/C19H24O/c1-4-7-19(16-12-10-15(5-2)11-13-16)17-8-6-9-18(14-17)20-3/h6,8-14,19H,4-5,7H2,1-3H3. The molecule has 0 spiro atoms. The van der Waals surface area contributed by atoms with Crippen molar-refractivity contribution < 1.29 is 4.74 Å². The van der Waals surface area contributed by atoms with Gasteiger partial charge in [-0.05, 0) is 41.7 Å². The molecule has 0 aliphatic carbocycles. The maximum Gasteiger partial charge on any atom is 0.119 e. The lowest BCUT2D eigenvalue weighted by Crippen LogP contribution is -2.01. The lowest BCUT2D eigenvalue weighted by molar-refractivity contribution is 0.414. The van der Waals surface area contributed by atoms with Crippen LogP contribution in [0.2, 0.25) is 0 Å². The van der Waals surface area contributed by atoms with E-state index in [1.165, 1.54) is 29.5 Å². The summed E-state index contributed by atoms with van der Waals surface area (Å²) in [6.45, 7) is 4.44. The lowest BCUT2D eigenvalue weighted by Gasteiger charge is -2.18. The van der Waals surface area contributed by atoms with E-state index >= 15 is 0 Å². The molecule has 1 nitrogen and oxygen atoms in total. The number of rotatable bonds is 6. The summed E-state index contributed by atoms with van der Waals surface area (Å²) in [6.07, 6.45) is 3.44. The third-order valence-electron chi connectivity index (χ3n) is 3.86. The largest absolute Gasteiger partial charge is 0.497 e. The van der Waals surface area contributed by atoms with E-state index in [0.29, 0.717) is 5.92 Å². The second kappa shape index (κ2) is 7.14. The molecule has 0 radical (unpaired) electrons. The Morgan fingerprint density at radius 1 is 0.950 bits per heavy atom. The highest BCUT2D eigenvalue weighted by Crippen LogP contribution is 2.31. The molecule has 20 heavy (non-hydrogen) atoms. The van der Waals surface area contributed by atoms with Crippen molar-refractivity contribution in [2.75, 3.05) is 7.11 Å². The summed E-state index contributed by atoms with van der Waals surface area (Å²) in [5.74, 6) is 1.40. The average molecular weight is 268 g/mol. The van der Waals surface area contributed by atoms with Crippen molar-refractivity contribution >= 4 is 0 Å². The van der Waals surface area contributed by atoms with Gasteiger partial charge in [0.25, 0.3) is 0 Å². The van der Waals surface area contributed by atoms with Crippen molar-refractivity contribution in [1.29, 1.82) is 0 Å². The first kappa shape index (κ1) is 14.6. The van der Waals surface area contributed by atoms with Crippen molar-refractivity contribution in [2.45, 2.75) is 39.0 Å². The van der Waals surface area contributed by atoms with Gasteiger partial charge in [0.15, 0.2) is 0 Å². The quantitative estimate of drug-likeness (QED) is 0.700. The highest BCUT2D eigenvalue weighted by molar-refractivity contribution is 5.38. The van der Waals surface area contributed by atoms with Crippen LogP contribution < -0.4 is 4.74 Å². The van der Waals surface area contributed by atoms with Crippen LogP contribution in [0.5, 0.6) is 5.75 Å². The van der Waals surface area contributed by atoms with E-state index in [1.807, 2.05) is 6.07 Å². The predicted octanol–water partition coefficient (Wildman–Crippen LogP) is 5.19. The molecule has 2 aromatic carbocycles. The van der Waals surface area contributed by atoms with E-state index in [4.69, 9.17) is 4.74 Å². The van der Waals surface area contributed by atoms with E-state index < -0.39 is 0 Å². The van der Waals surface area contributed by atoms with Crippen LogP contribution in [-0.2, 0) is 6.42 Å². The summed E-state index contributed by atoms with van der Waals surface area (Å²) in [7, 11) is 1.73. The third-order valence-corrected chi connectivity index (χ3v) is 3.86. The van der Waals surface area contributed by atoms with Crippen molar-refractivity contribution in [1.82, 2.24) is 0 Å². The Bertz CT molecular complexity index is 528. The monoisotopic (exact) mass is 268 g/mol. The molecular weight excluding hydrogens is 244 g/mol. The minimum atomic E-state index is 0.459. The summed E-state index contributed by atoms with van der Waals surface area (Å²) < 4.78 is 5.36. The van der Waals surface area contributed by atoms with E-state index in [2.05, 4.69) is 56.3 Å². The molecule has 2 rings (SSSR count). The Morgan fingerprint density at radius 2 is 1.70 bits per heavy atom.